The number of methoxy groups -OCH3 is 2. The minimum absolute atomic E-state index is 0.217. The highest BCUT2D eigenvalue weighted by Gasteiger charge is 2.18. The molecule has 0 aliphatic carbocycles. The zero-order valence-corrected chi connectivity index (χ0v) is 15.3. The van der Waals surface area contributed by atoms with Gasteiger partial charge in [0.05, 0.1) is 25.5 Å². The van der Waals surface area contributed by atoms with Gasteiger partial charge in [-0.1, -0.05) is 0 Å². The molecule has 25 heavy (non-hydrogen) atoms. The van der Waals surface area contributed by atoms with E-state index in [1.165, 1.54) is 7.11 Å². The molecule has 0 amide bonds. The molecule has 0 fully saturated rings. The van der Waals surface area contributed by atoms with Gasteiger partial charge in [0.2, 0.25) is 11.8 Å². The van der Waals surface area contributed by atoms with E-state index in [4.69, 9.17) is 9.47 Å². The van der Waals surface area contributed by atoms with E-state index in [9.17, 15) is 0 Å². The van der Waals surface area contributed by atoms with Crippen molar-refractivity contribution in [1.82, 2.24) is 19.9 Å². The molecule has 0 unspecified atom stereocenters. The van der Waals surface area contributed by atoms with E-state index in [2.05, 4.69) is 30.6 Å². The molecule has 0 aliphatic rings. The molecule has 0 saturated heterocycles. The maximum Gasteiger partial charge on any atom is 0.319 e. The molecule has 0 bridgehead atoms. The van der Waals surface area contributed by atoms with Crippen molar-refractivity contribution in [3.8, 4) is 34.3 Å². The van der Waals surface area contributed by atoms with Crippen LogP contribution < -0.4 is 14.8 Å². The summed E-state index contributed by atoms with van der Waals surface area (Å²) >= 11 is 1.62. The van der Waals surface area contributed by atoms with Crippen molar-refractivity contribution in [3.05, 3.63) is 29.2 Å². The average Bonchev–Trinajstić information content (AvgIpc) is 3.15. The third-order valence-electron chi connectivity index (χ3n) is 3.40. The van der Waals surface area contributed by atoms with Crippen LogP contribution in [0.5, 0.6) is 11.9 Å². The summed E-state index contributed by atoms with van der Waals surface area (Å²) in [5.41, 5.74) is 3.31. The molecule has 0 aliphatic heterocycles. The molecular weight excluding hydrogens is 338 g/mol. The van der Waals surface area contributed by atoms with Crippen molar-refractivity contribution >= 4 is 17.3 Å². The van der Waals surface area contributed by atoms with Crippen molar-refractivity contribution in [2.45, 2.75) is 19.9 Å². The van der Waals surface area contributed by atoms with E-state index in [0.29, 0.717) is 23.1 Å². The van der Waals surface area contributed by atoms with Crippen LogP contribution in [-0.2, 0) is 0 Å². The first kappa shape index (κ1) is 17.1. The normalized spacial score (nSPS) is 10.8. The number of ether oxygens (including phenoxy) is 2. The quantitative estimate of drug-likeness (QED) is 0.723. The molecule has 1 N–H and O–H groups in total. The minimum atomic E-state index is 0.217. The second kappa shape index (κ2) is 7.43. The fourth-order valence-corrected chi connectivity index (χ4v) is 2.97. The Balaban J connectivity index is 2.18. The topological polar surface area (TPSA) is 82.1 Å². The zero-order valence-electron chi connectivity index (χ0n) is 14.5. The van der Waals surface area contributed by atoms with Gasteiger partial charge in [-0.25, -0.2) is 15.0 Å². The van der Waals surface area contributed by atoms with E-state index in [1.807, 2.05) is 25.3 Å². The summed E-state index contributed by atoms with van der Waals surface area (Å²) in [5, 5.41) is 7.29. The van der Waals surface area contributed by atoms with Crippen LogP contribution in [0.3, 0.4) is 0 Å². The maximum atomic E-state index is 5.43. The predicted octanol–water partition coefficient (Wildman–Crippen LogP) is 3.50. The Kier molecular flexibility index (Phi) is 5.08. The third kappa shape index (κ3) is 3.69. The van der Waals surface area contributed by atoms with Gasteiger partial charge in [-0.3, -0.25) is 0 Å². The van der Waals surface area contributed by atoms with Crippen LogP contribution >= 0.6 is 11.3 Å². The highest BCUT2D eigenvalue weighted by molar-refractivity contribution is 7.08. The fraction of sp³-hybridized carbons (Fsp3) is 0.294. The summed E-state index contributed by atoms with van der Waals surface area (Å²) in [6, 6.07) is 2.49. The van der Waals surface area contributed by atoms with Crippen molar-refractivity contribution in [3.63, 3.8) is 0 Å². The van der Waals surface area contributed by atoms with E-state index >= 15 is 0 Å². The number of nitrogens with one attached hydrogen (secondary N) is 1. The van der Waals surface area contributed by atoms with E-state index in [0.717, 1.165) is 11.1 Å². The molecule has 0 radical (unpaired) electrons. The maximum absolute atomic E-state index is 5.43. The molecular formula is C17H19N5O2S. The molecule has 7 nitrogen and oxygen atoms in total. The first-order chi connectivity index (χ1) is 12.1. The molecule has 3 aromatic heterocycles. The van der Waals surface area contributed by atoms with Crippen LogP contribution in [0.2, 0.25) is 0 Å². The Morgan fingerprint density at radius 3 is 2.48 bits per heavy atom. The highest BCUT2D eigenvalue weighted by Crippen LogP contribution is 2.36. The van der Waals surface area contributed by atoms with E-state index in [1.54, 1.807) is 30.8 Å². The summed E-state index contributed by atoms with van der Waals surface area (Å²) in [6.45, 7) is 4.07. The van der Waals surface area contributed by atoms with E-state index < -0.39 is 0 Å². The zero-order chi connectivity index (χ0) is 17.8. The van der Waals surface area contributed by atoms with Crippen LogP contribution in [-0.4, -0.2) is 40.2 Å². The molecule has 130 valence electrons. The number of thiophene rings is 1. The number of hydrogen-bond donors (Lipinski definition) is 1. The first-order valence-electron chi connectivity index (χ1n) is 7.74. The molecule has 3 heterocycles. The van der Waals surface area contributed by atoms with Gasteiger partial charge in [0.25, 0.3) is 0 Å². The van der Waals surface area contributed by atoms with Gasteiger partial charge in [-0.05, 0) is 36.2 Å². The number of rotatable bonds is 6. The average molecular weight is 357 g/mol. The lowest BCUT2D eigenvalue weighted by molar-refractivity contribution is 0.353. The molecule has 0 aromatic carbocycles. The molecule has 3 rings (SSSR count). The Hall–Kier alpha value is -2.74. The number of nitrogens with zero attached hydrogens (tertiary/aromatic N) is 4. The van der Waals surface area contributed by atoms with Gasteiger partial charge in [-0.2, -0.15) is 16.3 Å². The van der Waals surface area contributed by atoms with Crippen LogP contribution in [0.15, 0.2) is 29.2 Å². The van der Waals surface area contributed by atoms with Crippen molar-refractivity contribution in [2.75, 3.05) is 19.5 Å². The second-order valence-corrected chi connectivity index (χ2v) is 6.33. The second-order valence-electron chi connectivity index (χ2n) is 5.55. The van der Waals surface area contributed by atoms with Crippen molar-refractivity contribution in [1.29, 1.82) is 0 Å². The van der Waals surface area contributed by atoms with Gasteiger partial charge in [0, 0.05) is 24.0 Å². The SMILES string of the molecule is COc1ncc(-c2nc(NC(C)C)ncc2-c2ccsc2)c(OC)n1. The van der Waals surface area contributed by atoms with Crippen molar-refractivity contribution < 1.29 is 9.47 Å². The van der Waals surface area contributed by atoms with Crippen LogP contribution in [0, 0.1) is 0 Å². The lowest BCUT2D eigenvalue weighted by atomic mass is 10.1. The number of anilines is 1. The number of aromatic nitrogens is 4. The van der Waals surface area contributed by atoms with E-state index in [-0.39, 0.29) is 12.1 Å². The van der Waals surface area contributed by atoms with Crippen LogP contribution in [0.4, 0.5) is 5.95 Å². The monoisotopic (exact) mass is 357 g/mol. The van der Waals surface area contributed by atoms with Gasteiger partial charge in [0.1, 0.15) is 0 Å². The standard InChI is InChI=1S/C17H19N5O2S/c1-10(2)20-16-18-7-12(11-5-6-25-9-11)14(21-16)13-8-19-17(24-4)22-15(13)23-3/h5-10H,1-4H3,(H,18,20,21). The van der Waals surface area contributed by atoms with Gasteiger partial charge >= 0.3 is 6.01 Å². The van der Waals surface area contributed by atoms with Gasteiger partial charge in [-0.15, -0.1) is 0 Å². The highest BCUT2D eigenvalue weighted by atomic mass is 32.1. The van der Waals surface area contributed by atoms with Crippen LogP contribution in [0.1, 0.15) is 13.8 Å². The summed E-state index contributed by atoms with van der Waals surface area (Å²) < 4.78 is 10.5. The van der Waals surface area contributed by atoms with Crippen molar-refractivity contribution in [2.24, 2.45) is 0 Å². The van der Waals surface area contributed by atoms with Gasteiger partial charge < -0.3 is 14.8 Å². The Bertz CT molecular complexity index is 852. The lowest BCUT2D eigenvalue weighted by Gasteiger charge is -2.14. The molecule has 8 heteroatoms. The summed E-state index contributed by atoms with van der Waals surface area (Å²) in [5.74, 6) is 0.944. The third-order valence-corrected chi connectivity index (χ3v) is 4.08. The number of hydrogen-bond acceptors (Lipinski definition) is 8. The summed E-state index contributed by atoms with van der Waals surface area (Å²) in [7, 11) is 3.07. The minimum Gasteiger partial charge on any atom is -0.480 e. The van der Waals surface area contributed by atoms with Crippen LogP contribution in [0.25, 0.3) is 22.4 Å². The smallest absolute Gasteiger partial charge is 0.319 e. The molecule has 0 spiro atoms. The predicted molar refractivity (Wildman–Crippen MR) is 98.2 cm³/mol. The largest absolute Gasteiger partial charge is 0.480 e. The Morgan fingerprint density at radius 1 is 1.04 bits per heavy atom. The molecule has 3 aromatic rings. The molecule has 0 atom stereocenters. The Morgan fingerprint density at radius 2 is 1.84 bits per heavy atom. The Labute approximate surface area is 150 Å². The summed E-state index contributed by atoms with van der Waals surface area (Å²) in [6.07, 6.45) is 3.46. The first-order valence-corrected chi connectivity index (χ1v) is 8.68. The summed E-state index contributed by atoms with van der Waals surface area (Å²) in [4.78, 5) is 17.6. The molecule has 0 saturated carbocycles. The fourth-order valence-electron chi connectivity index (χ4n) is 2.31. The van der Waals surface area contributed by atoms with Gasteiger partial charge in [0.15, 0.2) is 0 Å². The lowest BCUT2D eigenvalue weighted by Crippen LogP contribution is -2.13.